The summed E-state index contributed by atoms with van der Waals surface area (Å²) in [6.45, 7) is 4.63. The molecule has 0 spiro atoms. The molecule has 2 aliphatic carbocycles. The maximum absolute atomic E-state index is 13.2. The van der Waals surface area contributed by atoms with E-state index >= 15 is 0 Å². The summed E-state index contributed by atoms with van der Waals surface area (Å²) in [5, 5.41) is 3.95. The van der Waals surface area contributed by atoms with Crippen LogP contribution in [0.25, 0.3) is 0 Å². The van der Waals surface area contributed by atoms with Crippen LogP contribution in [0.4, 0.5) is 4.39 Å². The van der Waals surface area contributed by atoms with Gasteiger partial charge in [0.2, 0.25) is 0 Å². The number of carbonyl (C=O) groups excluding carboxylic acids is 1. The molecular weight excluding hydrogens is 447 g/mol. The molecular formula is C29H30ClFN2O. The lowest BCUT2D eigenvalue weighted by molar-refractivity contribution is 0.0929. The quantitative estimate of drug-likeness (QED) is 0.410. The Kier molecular flexibility index (Phi) is 6.20. The Hall–Kier alpha value is -2.72. The highest BCUT2D eigenvalue weighted by atomic mass is 35.5. The summed E-state index contributed by atoms with van der Waals surface area (Å²) in [7, 11) is 0. The van der Waals surface area contributed by atoms with Gasteiger partial charge >= 0.3 is 0 Å². The Balaban J connectivity index is 1.36. The van der Waals surface area contributed by atoms with Gasteiger partial charge in [-0.25, -0.2) is 4.39 Å². The molecule has 3 aromatic rings. The molecule has 1 saturated carbocycles. The van der Waals surface area contributed by atoms with E-state index in [1.807, 2.05) is 12.1 Å². The first kappa shape index (κ1) is 23.0. The standard InChI is InChI=1S/C29H30ClFN2O/c1-18(21-5-3-6-22(30)17-21)19(2)24-7-4-8-26-25(24)13-14-27(32-26)29(15-16-29)33-28(34)20-9-11-23(31)12-10-20/h3,5-6,9-14,17-19,24H,4,7-8,15-16H2,1-2H3,(H,33,34)/t18?,19?,24-/m0/s1. The summed E-state index contributed by atoms with van der Waals surface area (Å²) in [5.74, 6) is 0.766. The second-order valence-corrected chi connectivity index (χ2v) is 10.4. The van der Waals surface area contributed by atoms with E-state index in [1.165, 1.54) is 41.1 Å². The summed E-state index contributed by atoms with van der Waals surface area (Å²) in [6, 6.07) is 18.2. The third-order valence-electron chi connectivity index (χ3n) is 7.83. The highest BCUT2D eigenvalue weighted by Gasteiger charge is 2.47. The summed E-state index contributed by atoms with van der Waals surface area (Å²) in [5.41, 5.74) is 4.79. The van der Waals surface area contributed by atoms with E-state index in [0.717, 1.165) is 42.8 Å². The summed E-state index contributed by atoms with van der Waals surface area (Å²) < 4.78 is 13.2. The average molecular weight is 477 g/mol. The number of aromatic nitrogens is 1. The van der Waals surface area contributed by atoms with Crippen LogP contribution in [-0.2, 0) is 12.0 Å². The van der Waals surface area contributed by atoms with Gasteiger partial charge in [-0.2, -0.15) is 0 Å². The first-order chi connectivity index (χ1) is 16.4. The largest absolute Gasteiger partial charge is 0.341 e. The molecule has 5 heteroatoms. The zero-order valence-electron chi connectivity index (χ0n) is 19.7. The van der Waals surface area contributed by atoms with Crippen LogP contribution in [0.15, 0.2) is 60.7 Å². The Morgan fingerprint density at radius 1 is 1.12 bits per heavy atom. The maximum Gasteiger partial charge on any atom is 0.252 e. The van der Waals surface area contributed by atoms with Crippen LogP contribution in [-0.4, -0.2) is 10.9 Å². The summed E-state index contributed by atoms with van der Waals surface area (Å²) >= 11 is 6.25. The van der Waals surface area contributed by atoms with Crippen molar-refractivity contribution >= 4 is 17.5 Å². The molecule has 2 aliphatic rings. The average Bonchev–Trinajstić information content (AvgIpc) is 3.63. The molecule has 3 atom stereocenters. The Morgan fingerprint density at radius 3 is 2.59 bits per heavy atom. The Bertz CT molecular complexity index is 1210. The van der Waals surface area contributed by atoms with Crippen molar-refractivity contribution in [3.8, 4) is 0 Å². The van der Waals surface area contributed by atoms with Crippen LogP contribution in [0.5, 0.6) is 0 Å². The van der Waals surface area contributed by atoms with Gasteiger partial charge in [0.05, 0.1) is 11.2 Å². The predicted octanol–water partition coefficient (Wildman–Crippen LogP) is 7.15. The van der Waals surface area contributed by atoms with Gasteiger partial charge in [0.15, 0.2) is 0 Å². The molecule has 0 saturated heterocycles. The fourth-order valence-electron chi connectivity index (χ4n) is 5.41. The van der Waals surface area contributed by atoms with E-state index in [4.69, 9.17) is 16.6 Å². The molecule has 1 heterocycles. The van der Waals surface area contributed by atoms with Gasteiger partial charge in [0, 0.05) is 16.3 Å². The number of halogens is 2. The van der Waals surface area contributed by atoms with Gasteiger partial charge in [-0.05, 0) is 103 Å². The van der Waals surface area contributed by atoms with Crippen LogP contribution in [0.2, 0.25) is 5.02 Å². The molecule has 0 bridgehead atoms. The molecule has 1 N–H and O–H groups in total. The fourth-order valence-corrected chi connectivity index (χ4v) is 5.61. The number of aryl methyl sites for hydroxylation is 1. The molecule has 176 valence electrons. The SMILES string of the molecule is CC(c1cccc(Cl)c1)C(C)[C@@H]1CCCc2nc(C3(NC(=O)c4ccc(F)cc4)CC3)ccc21. The molecule has 1 amide bonds. The van der Waals surface area contributed by atoms with Gasteiger partial charge in [0.25, 0.3) is 5.91 Å². The Labute approximate surface area is 205 Å². The zero-order valence-corrected chi connectivity index (χ0v) is 20.4. The number of carbonyl (C=O) groups is 1. The van der Waals surface area contributed by atoms with E-state index in [-0.39, 0.29) is 11.7 Å². The van der Waals surface area contributed by atoms with Crippen molar-refractivity contribution < 1.29 is 9.18 Å². The number of rotatable bonds is 6. The van der Waals surface area contributed by atoms with E-state index < -0.39 is 5.54 Å². The topological polar surface area (TPSA) is 42.0 Å². The first-order valence-corrected chi connectivity index (χ1v) is 12.6. The van der Waals surface area contributed by atoms with E-state index in [1.54, 1.807) is 0 Å². The molecule has 1 aromatic heterocycles. The molecule has 2 aromatic carbocycles. The van der Waals surface area contributed by atoms with Gasteiger partial charge in [-0.1, -0.05) is 43.6 Å². The van der Waals surface area contributed by atoms with Crippen LogP contribution in [0, 0.1) is 11.7 Å². The normalized spacial score (nSPS) is 20.2. The van der Waals surface area contributed by atoms with Gasteiger partial charge in [0.1, 0.15) is 5.82 Å². The second-order valence-electron chi connectivity index (χ2n) is 9.98. The molecule has 5 rings (SSSR count). The fraction of sp³-hybridized carbons (Fsp3) is 0.379. The number of nitrogens with one attached hydrogen (secondary N) is 1. The lowest BCUT2D eigenvalue weighted by atomic mass is 9.72. The van der Waals surface area contributed by atoms with E-state index in [0.29, 0.717) is 23.3 Å². The zero-order chi connectivity index (χ0) is 23.9. The molecule has 34 heavy (non-hydrogen) atoms. The molecule has 0 radical (unpaired) electrons. The van der Waals surface area contributed by atoms with Crippen molar-refractivity contribution in [1.29, 1.82) is 0 Å². The highest BCUT2D eigenvalue weighted by Crippen LogP contribution is 2.47. The smallest absolute Gasteiger partial charge is 0.252 e. The van der Waals surface area contributed by atoms with Crippen LogP contribution in [0.3, 0.4) is 0 Å². The first-order valence-electron chi connectivity index (χ1n) is 12.2. The van der Waals surface area contributed by atoms with Crippen LogP contribution >= 0.6 is 11.6 Å². The summed E-state index contributed by atoms with van der Waals surface area (Å²) in [4.78, 5) is 17.9. The minimum absolute atomic E-state index is 0.182. The molecule has 0 aliphatic heterocycles. The highest BCUT2D eigenvalue weighted by molar-refractivity contribution is 6.30. The minimum Gasteiger partial charge on any atom is -0.341 e. The van der Waals surface area contributed by atoms with Crippen LogP contribution < -0.4 is 5.32 Å². The number of hydrogen-bond donors (Lipinski definition) is 1. The lowest BCUT2D eigenvalue weighted by Crippen LogP contribution is -2.36. The van der Waals surface area contributed by atoms with Crippen LogP contribution in [0.1, 0.15) is 84.2 Å². The number of benzene rings is 2. The van der Waals surface area contributed by atoms with Gasteiger partial charge in [-0.3, -0.25) is 9.78 Å². The number of fused-ring (bicyclic) bond motifs is 1. The van der Waals surface area contributed by atoms with Crippen molar-refractivity contribution in [3.05, 3.63) is 99.6 Å². The van der Waals surface area contributed by atoms with Crippen molar-refractivity contribution in [2.45, 2.75) is 63.3 Å². The number of amides is 1. The lowest BCUT2D eigenvalue weighted by Gasteiger charge is -2.34. The summed E-state index contributed by atoms with van der Waals surface area (Å²) in [6.07, 6.45) is 5.00. The maximum atomic E-state index is 13.2. The van der Waals surface area contributed by atoms with Crippen molar-refractivity contribution in [3.63, 3.8) is 0 Å². The van der Waals surface area contributed by atoms with Gasteiger partial charge < -0.3 is 5.32 Å². The van der Waals surface area contributed by atoms with E-state index in [9.17, 15) is 9.18 Å². The second kappa shape index (κ2) is 9.14. The Morgan fingerprint density at radius 2 is 1.88 bits per heavy atom. The minimum atomic E-state index is -0.410. The predicted molar refractivity (Wildman–Crippen MR) is 134 cm³/mol. The number of nitrogens with zero attached hydrogens (tertiary/aromatic N) is 1. The molecule has 3 nitrogen and oxygen atoms in total. The molecule has 1 fully saturated rings. The van der Waals surface area contributed by atoms with Crippen molar-refractivity contribution in [2.24, 2.45) is 5.92 Å². The third kappa shape index (κ3) is 4.48. The van der Waals surface area contributed by atoms with Crippen molar-refractivity contribution in [1.82, 2.24) is 10.3 Å². The monoisotopic (exact) mass is 476 g/mol. The number of hydrogen-bond acceptors (Lipinski definition) is 2. The van der Waals surface area contributed by atoms with Gasteiger partial charge in [-0.15, -0.1) is 0 Å². The molecule has 2 unspecified atom stereocenters. The van der Waals surface area contributed by atoms with Crippen molar-refractivity contribution in [2.75, 3.05) is 0 Å². The third-order valence-corrected chi connectivity index (χ3v) is 8.07. The number of pyridine rings is 1. The van der Waals surface area contributed by atoms with E-state index in [2.05, 4.69) is 43.4 Å².